The first-order valence-corrected chi connectivity index (χ1v) is 7.32. The van der Waals surface area contributed by atoms with Gasteiger partial charge >= 0.3 is 0 Å². The fourth-order valence-corrected chi connectivity index (χ4v) is 2.51. The molecule has 0 aliphatic heterocycles. The SMILES string of the molecule is NC(=S)c1ccc(NCCCc2ccccc2)cc1Cl. The average molecular weight is 305 g/mol. The Morgan fingerprint density at radius 1 is 1.15 bits per heavy atom. The summed E-state index contributed by atoms with van der Waals surface area (Å²) in [5.74, 6) is 0. The average Bonchev–Trinajstić information content (AvgIpc) is 2.44. The summed E-state index contributed by atoms with van der Waals surface area (Å²) in [6.45, 7) is 0.900. The number of benzene rings is 2. The minimum Gasteiger partial charge on any atom is -0.389 e. The topological polar surface area (TPSA) is 38.0 Å². The normalized spacial score (nSPS) is 10.2. The predicted octanol–water partition coefficient (Wildman–Crippen LogP) is 4.02. The quantitative estimate of drug-likeness (QED) is 0.625. The molecule has 0 radical (unpaired) electrons. The molecular weight excluding hydrogens is 288 g/mol. The van der Waals surface area contributed by atoms with E-state index in [0.29, 0.717) is 10.0 Å². The van der Waals surface area contributed by atoms with Gasteiger partial charge < -0.3 is 11.1 Å². The molecule has 3 N–H and O–H groups in total. The summed E-state index contributed by atoms with van der Waals surface area (Å²) < 4.78 is 0. The molecule has 2 aromatic carbocycles. The molecule has 0 bridgehead atoms. The van der Waals surface area contributed by atoms with E-state index >= 15 is 0 Å². The van der Waals surface area contributed by atoms with Gasteiger partial charge in [0.05, 0.1) is 5.02 Å². The highest BCUT2D eigenvalue weighted by atomic mass is 35.5. The van der Waals surface area contributed by atoms with Crippen LogP contribution in [0.5, 0.6) is 0 Å². The summed E-state index contributed by atoms with van der Waals surface area (Å²) in [6.07, 6.45) is 2.13. The van der Waals surface area contributed by atoms with Gasteiger partial charge in [0.15, 0.2) is 0 Å². The van der Waals surface area contributed by atoms with Crippen LogP contribution in [0.4, 0.5) is 5.69 Å². The lowest BCUT2D eigenvalue weighted by Crippen LogP contribution is -2.10. The summed E-state index contributed by atoms with van der Waals surface area (Å²) in [6, 6.07) is 16.1. The van der Waals surface area contributed by atoms with Gasteiger partial charge in [-0.2, -0.15) is 0 Å². The summed E-state index contributed by atoms with van der Waals surface area (Å²) in [7, 11) is 0. The van der Waals surface area contributed by atoms with E-state index in [2.05, 4.69) is 29.6 Å². The van der Waals surface area contributed by atoms with Crippen LogP contribution in [0.2, 0.25) is 5.02 Å². The van der Waals surface area contributed by atoms with Crippen molar-refractivity contribution in [3.8, 4) is 0 Å². The first-order chi connectivity index (χ1) is 9.66. The number of rotatable bonds is 6. The van der Waals surface area contributed by atoms with Crippen LogP contribution in [-0.2, 0) is 6.42 Å². The van der Waals surface area contributed by atoms with Gasteiger partial charge in [-0.3, -0.25) is 0 Å². The third-order valence-electron chi connectivity index (χ3n) is 3.05. The van der Waals surface area contributed by atoms with Crippen molar-refractivity contribution in [2.24, 2.45) is 5.73 Å². The Kier molecular flexibility index (Phi) is 5.39. The molecule has 20 heavy (non-hydrogen) atoms. The summed E-state index contributed by atoms with van der Waals surface area (Å²) >= 11 is 11.1. The van der Waals surface area contributed by atoms with Crippen LogP contribution >= 0.6 is 23.8 Å². The van der Waals surface area contributed by atoms with E-state index in [-0.39, 0.29) is 0 Å². The molecule has 0 amide bonds. The second-order valence-corrected chi connectivity index (χ2v) is 5.42. The summed E-state index contributed by atoms with van der Waals surface area (Å²) in [4.78, 5) is 0.325. The number of hydrogen-bond donors (Lipinski definition) is 2. The Labute approximate surface area is 130 Å². The van der Waals surface area contributed by atoms with E-state index in [1.165, 1.54) is 5.56 Å². The Morgan fingerprint density at radius 3 is 2.55 bits per heavy atom. The lowest BCUT2D eigenvalue weighted by Gasteiger charge is -2.09. The smallest absolute Gasteiger partial charge is 0.105 e. The lowest BCUT2D eigenvalue weighted by atomic mass is 10.1. The van der Waals surface area contributed by atoms with E-state index in [1.807, 2.05) is 24.3 Å². The molecule has 2 nitrogen and oxygen atoms in total. The van der Waals surface area contributed by atoms with E-state index in [4.69, 9.17) is 29.6 Å². The second kappa shape index (κ2) is 7.27. The van der Waals surface area contributed by atoms with Gasteiger partial charge in [-0.15, -0.1) is 0 Å². The zero-order valence-corrected chi connectivity index (χ0v) is 12.7. The minimum atomic E-state index is 0.325. The van der Waals surface area contributed by atoms with Gasteiger partial charge in [-0.1, -0.05) is 54.2 Å². The summed E-state index contributed by atoms with van der Waals surface area (Å²) in [5, 5.41) is 3.94. The molecule has 0 heterocycles. The highest BCUT2D eigenvalue weighted by molar-refractivity contribution is 7.80. The highest BCUT2D eigenvalue weighted by Gasteiger charge is 2.03. The molecule has 0 aliphatic carbocycles. The second-order valence-electron chi connectivity index (χ2n) is 4.57. The zero-order chi connectivity index (χ0) is 14.4. The maximum Gasteiger partial charge on any atom is 0.105 e. The Balaban J connectivity index is 1.83. The molecule has 4 heteroatoms. The first kappa shape index (κ1) is 14.8. The maximum atomic E-state index is 6.13. The Bertz CT molecular complexity index is 584. The van der Waals surface area contributed by atoms with Crippen LogP contribution in [-0.4, -0.2) is 11.5 Å². The van der Waals surface area contributed by atoms with Crippen molar-refractivity contribution >= 4 is 34.5 Å². The van der Waals surface area contributed by atoms with Crippen LogP contribution in [0, 0.1) is 0 Å². The number of halogens is 1. The van der Waals surface area contributed by atoms with E-state index in [1.54, 1.807) is 0 Å². The van der Waals surface area contributed by atoms with Crippen molar-refractivity contribution in [1.29, 1.82) is 0 Å². The van der Waals surface area contributed by atoms with Crippen molar-refractivity contribution in [3.63, 3.8) is 0 Å². The third-order valence-corrected chi connectivity index (χ3v) is 3.58. The molecular formula is C16H17ClN2S. The lowest BCUT2D eigenvalue weighted by molar-refractivity contribution is 0.863. The van der Waals surface area contributed by atoms with Crippen molar-refractivity contribution in [2.75, 3.05) is 11.9 Å². The Morgan fingerprint density at radius 2 is 1.90 bits per heavy atom. The molecule has 0 unspecified atom stereocenters. The van der Waals surface area contributed by atoms with Gasteiger partial charge in [0.1, 0.15) is 4.99 Å². The van der Waals surface area contributed by atoms with Crippen LogP contribution < -0.4 is 11.1 Å². The van der Waals surface area contributed by atoms with E-state index in [9.17, 15) is 0 Å². The van der Waals surface area contributed by atoms with Crippen molar-refractivity contribution in [3.05, 3.63) is 64.7 Å². The monoisotopic (exact) mass is 304 g/mol. The number of hydrogen-bond acceptors (Lipinski definition) is 2. The molecule has 0 fully saturated rings. The third kappa shape index (κ3) is 4.22. The van der Waals surface area contributed by atoms with Crippen LogP contribution in [0.3, 0.4) is 0 Å². The highest BCUT2D eigenvalue weighted by Crippen LogP contribution is 2.21. The molecule has 0 spiro atoms. The molecule has 104 valence electrons. The van der Waals surface area contributed by atoms with Gasteiger partial charge in [0.25, 0.3) is 0 Å². The predicted molar refractivity (Wildman–Crippen MR) is 90.6 cm³/mol. The molecule has 0 aliphatic rings. The standard InChI is InChI=1S/C16H17ClN2S/c17-15-11-13(8-9-14(15)16(18)20)19-10-4-7-12-5-2-1-3-6-12/h1-3,5-6,8-9,11,19H,4,7,10H2,(H2,18,20). The maximum absolute atomic E-state index is 6.13. The fourth-order valence-electron chi connectivity index (χ4n) is 1.99. The van der Waals surface area contributed by atoms with Gasteiger partial charge in [0, 0.05) is 17.8 Å². The van der Waals surface area contributed by atoms with Crippen molar-refractivity contribution in [1.82, 2.24) is 0 Å². The van der Waals surface area contributed by atoms with E-state index < -0.39 is 0 Å². The summed E-state index contributed by atoms with van der Waals surface area (Å²) in [5.41, 5.74) is 8.64. The minimum absolute atomic E-state index is 0.325. The number of nitrogens with two attached hydrogens (primary N) is 1. The van der Waals surface area contributed by atoms with Crippen LogP contribution in [0.15, 0.2) is 48.5 Å². The molecule has 2 rings (SSSR count). The molecule has 0 aromatic heterocycles. The molecule has 2 aromatic rings. The van der Waals surface area contributed by atoms with E-state index in [0.717, 1.165) is 30.6 Å². The van der Waals surface area contributed by atoms with Gasteiger partial charge in [-0.05, 0) is 36.6 Å². The number of aryl methyl sites for hydroxylation is 1. The van der Waals surface area contributed by atoms with Crippen molar-refractivity contribution in [2.45, 2.75) is 12.8 Å². The van der Waals surface area contributed by atoms with Crippen molar-refractivity contribution < 1.29 is 0 Å². The molecule has 0 saturated heterocycles. The fraction of sp³-hybridized carbons (Fsp3) is 0.188. The number of thiocarbonyl (C=S) groups is 1. The zero-order valence-electron chi connectivity index (χ0n) is 11.1. The number of nitrogens with one attached hydrogen (secondary N) is 1. The first-order valence-electron chi connectivity index (χ1n) is 6.54. The van der Waals surface area contributed by atoms with Gasteiger partial charge in [-0.25, -0.2) is 0 Å². The van der Waals surface area contributed by atoms with Crippen LogP contribution in [0.25, 0.3) is 0 Å². The molecule has 0 atom stereocenters. The van der Waals surface area contributed by atoms with Crippen LogP contribution in [0.1, 0.15) is 17.5 Å². The number of anilines is 1. The largest absolute Gasteiger partial charge is 0.389 e. The van der Waals surface area contributed by atoms with Gasteiger partial charge in [0.2, 0.25) is 0 Å². The molecule has 0 saturated carbocycles. The Hall–Kier alpha value is -1.58.